The fourth-order valence-electron chi connectivity index (χ4n) is 20.3. The maximum Gasteiger partial charge on any atom is 0.0786 e. The minimum atomic E-state index is -0.0590. The van der Waals surface area contributed by atoms with E-state index >= 15 is 0 Å². The summed E-state index contributed by atoms with van der Waals surface area (Å²) in [7, 11) is 0. The lowest BCUT2D eigenvalue weighted by molar-refractivity contribution is 0.660. The first-order valence-corrected chi connectivity index (χ1v) is 39.4. The SMILES string of the molecule is CC1(C)c2ccccc2-c2cc(-c3ccc4c(c3)c3ccccc3n4-c3cccc(-c4cc(-c5cccc(-n6c7ccccc7c7cc(-c8ccc9c(c8)-c8ccccc8C9(C)C)ccc76)c5)c5nccc(-c6cccc(-n7c8ccccc8c8cc(-c9ccc%10c(c9)-c9ccccc9C%10(C)C)ccc87)c6)c5c4)c3)ccc21. The topological polar surface area (TPSA) is 27.7 Å². The molecule has 16 aromatic carbocycles. The molecule has 4 nitrogen and oxygen atoms in total. The average Bonchev–Trinajstić information content (AvgIpc) is 1.54. The van der Waals surface area contributed by atoms with E-state index in [1.54, 1.807) is 0 Å². The summed E-state index contributed by atoms with van der Waals surface area (Å²) in [5, 5.41) is 8.39. The van der Waals surface area contributed by atoms with Gasteiger partial charge >= 0.3 is 0 Å². The lowest BCUT2D eigenvalue weighted by Gasteiger charge is -2.21. The molecule has 0 amide bonds. The van der Waals surface area contributed by atoms with Crippen LogP contribution in [0, 0.1) is 0 Å². The van der Waals surface area contributed by atoms with Gasteiger partial charge < -0.3 is 13.7 Å². The van der Waals surface area contributed by atoms with Gasteiger partial charge in [0.1, 0.15) is 0 Å². The maximum atomic E-state index is 5.45. The summed E-state index contributed by atoms with van der Waals surface area (Å²) < 4.78 is 7.38. The molecule has 0 radical (unpaired) electrons. The molecule has 0 atom stereocenters. The molecule has 0 fully saturated rings. The van der Waals surface area contributed by atoms with Gasteiger partial charge in [-0.05, 0) is 255 Å². The van der Waals surface area contributed by atoms with Crippen molar-refractivity contribution in [1.82, 2.24) is 18.7 Å². The molecule has 23 rings (SSSR count). The molecule has 0 N–H and O–H groups in total. The van der Waals surface area contributed by atoms with Crippen LogP contribution in [0.25, 0.3) is 194 Å². The van der Waals surface area contributed by atoms with Gasteiger partial charge in [0.15, 0.2) is 0 Å². The van der Waals surface area contributed by atoms with E-state index in [4.69, 9.17) is 4.98 Å². The van der Waals surface area contributed by atoms with Crippen LogP contribution in [0.2, 0.25) is 0 Å². The molecule has 4 heteroatoms. The Bertz CT molecular complexity index is 7480. The molecule has 3 aliphatic rings. The number of nitrogens with zero attached hydrogens (tertiary/aromatic N) is 4. The molecule has 0 saturated carbocycles. The summed E-state index contributed by atoms with van der Waals surface area (Å²) in [5.41, 5.74) is 41.1. The molecule has 20 aromatic rings. The van der Waals surface area contributed by atoms with Crippen molar-refractivity contribution in [3.63, 3.8) is 0 Å². The first-order valence-electron chi connectivity index (χ1n) is 39.4. The molecule has 0 spiro atoms. The lowest BCUT2D eigenvalue weighted by Crippen LogP contribution is -2.14. The second kappa shape index (κ2) is 23.7. The van der Waals surface area contributed by atoms with Gasteiger partial charge in [0.2, 0.25) is 0 Å². The van der Waals surface area contributed by atoms with E-state index in [0.29, 0.717) is 0 Å². The maximum absolute atomic E-state index is 5.45. The molecule has 3 aliphatic carbocycles. The normalized spacial score (nSPS) is 14.0. The minimum Gasteiger partial charge on any atom is -0.309 e. The van der Waals surface area contributed by atoms with E-state index in [0.717, 1.165) is 94.4 Å². The monoisotopic (exact) mass is 1430 g/mol. The zero-order valence-electron chi connectivity index (χ0n) is 63.3. The van der Waals surface area contributed by atoms with Crippen LogP contribution in [0.3, 0.4) is 0 Å². The number of rotatable bonds is 9. The third-order valence-electron chi connectivity index (χ3n) is 25.9. The van der Waals surface area contributed by atoms with Crippen molar-refractivity contribution in [3.05, 3.63) is 385 Å². The molecular weight excluding hydrogens is 1350 g/mol. The smallest absolute Gasteiger partial charge is 0.0786 e. The Labute approximate surface area is 651 Å². The first-order chi connectivity index (χ1) is 54.8. The number of benzene rings is 16. The highest BCUT2D eigenvalue weighted by Gasteiger charge is 2.38. The Hall–Kier alpha value is -13.7. The van der Waals surface area contributed by atoms with E-state index < -0.39 is 0 Å². The highest BCUT2D eigenvalue weighted by molar-refractivity contribution is 6.14. The van der Waals surface area contributed by atoms with Crippen LogP contribution in [0.4, 0.5) is 0 Å². The van der Waals surface area contributed by atoms with Gasteiger partial charge in [-0.3, -0.25) is 4.98 Å². The fraction of sp³-hybridized carbons (Fsp3) is 0.0833. The quantitative estimate of drug-likeness (QED) is 0.142. The largest absolute Gasteiger partial charge is 0.309 e. The van der Waals surface area contributed by atoms with Crippen LogP contribution < -0.4 is 0 Å². The van der Waals surface area contributed by atoms with Gasteiger partial charge in [-0.2, -0.15) is 0 Å². The number of para-hydroxylation sites is 3. The van der Waals surface area contributed by atoms with Crippen LogP contribution in [0.5, 0.6) is 0 Å². The second-order valence-corrected chi connectivity index (χ2v) is 33.0. The summed E-state index contributed by atoms with van der Waals surface area (Å²) in [4.78, 5) is 5.45. The van der Waals surface area contributed by atoms with Crippen molar-refractivity contribution in [1.29, 1.82) is 0 Å². The van der Waals surface area contributed by atoms with Gasteiger partial charge in [-0.15, -0.1) is 0 Å². The number of hydrogen-bond acceptors (Lipinski definition) is 1. The zero-order chi connectivity index (χ0) is 74.6. The molecule has 0 bridgehead atoms. The third kappa shape index (κ3) is 9.33. The number of pyridine rings is 1. The van der Waals surface area contributed by atoms with Crippen molar-refractivity contribution < 1.29 is 0 Å². The predicted molar refractivity (Wildman–Crippen MR) is 470 cm³/mol. The lowest BCUT2D eigenvalue weighted by atomic mass is 9.82. The molecule has 0 saturated heterocycles. The fourth-order valence-corrected chi connectivity index (χ4v) is 20.3. The third-order valence-corrected chi connectivity index (χ3v) is 25.9. The number of aromatic nitrogens is 4. The standard InChI is InChI=1S/C108H76N4/c1-106(2)93-34-13-7-28-79(93)86-57-66(40-46-96(86)106)69-43-49-102-89(60-69)82-31-10-16-37-99(82)110(102)75-25-19-22-65(54-75)74-63-85(73-24-21-27-77(56-73)112-101-39-18-12-33-84(101)91-62-71(45-51-104(91)112)68-42-48-98-88(59-68)81-30-9-15-36-95(81)108(98,5)6)105-92(64-74)78(52-53-109-105)72-23-20-26-76(55-72)111-100-38-17-11-32-83(100)90-61-70(44-50-103(90)111)67-41-47-97-87(58-67)80-29-8-14-35-94(80)107(97,3)4/h7-64H,1-6H3. The van der Waals surface area contributed by atoms with Crippen LogP contribution >= 0.6 is 0 Å². The van der Waals surface area contributed by atoms with Crippen molar-refractivity contribution in [2.75, 3.05) is 0 Å². The summed E-state index contributed by atoms with van der Waals surface area (Å²) in [6, 6.07) is 131. The van der Waals surface area contributed by atoms with Crippen molar-refractivity contribution >= 4 is 76.3 Å². The highest BCUT2D eigenvalue weighted by atomic mass is 15.0. The molecule has 0 unspecified atom stereocenters. The summed E-state index contributed by atoms with van der Waals surface area (Å²) >= 11 is 0. The molecule has 4 heterocycles. The zero-order valence-corrected chi connectivity index (χ0v) is 63.3. The number of hydrogen-bond donors (Lipinski definition) is 0. The Morgan fingerprint density at radius 3 is 0.893 bits per heavy atom. The van der Waals surface area contributed by atoms with Crippen molar-refractivity contribution in [3.8, 4) is 117 Å². The van der Waals surface area contributed by atoms with Crippen LogP contribution in [-0.4, -0.2) is 18.7 Å². The van der Waals surface area contributed by atoms with Crippen LogP contribution in [0.1, 0.15) is 74.9 Å². The van der Waals surface area contributed by atoms with Gasteiger partial charge in [0, 0.05) is 82.8 Å². The van der Waals surface area contributed by atoms with Gasteiger partial charge in [0.25, 0.3) is 0 Å². The Morgan fingerprint density at radius 1 is 0.188 bits per heavy atom. The Morgan fingerprint density at radius 2 is 0.482 bits per heavy atom. The minimum absolute atomic E-state index is 0.0554. The van der Waals surface area contributed by atoms with Crippen LogP contribution in [-0.2, 0) is 16.2 Å². The first kappa shape index (κ1) is 64.3. The summed E-state index contributed by atoms with van der Waals surface area (Å²) in [6.45, 7) is 14.1. The Balaban J connectivity index is 0.673. The van der Waals surface area contributed by atoms with E-state index in [-0.39, 0.29) is 16.2 Å². The van der Waals surface area contributed by atoms with Crippen molar-refractivity contribution in [2.24, 2.45) is 0 Å². The van der Waals surface area contributed by atoms with Crippen LogP contribution in [0.15, 0.2) is 352 Å². The van der Waals surface area contributed by atoms with Crippen molar-refractivity contribution in [2.45, 2.75) is 57.8 Å². The number of fused-ring (bicyclic) bond motifs is 19. The van der Waals surface area contributed by atoms with Gasteiger partial charge in [-0.25, -0.2) is 0 Å². The molecule has 0 aliphatic heterocycles. The van der Waals surface area contributed by atoms with E-state index in [9.17, 15) is 0 Å². The summed E-state index contributed by atoms with van der Waals surface area (Å²) in [6.07, 6.45) is 2.02. The Kier molecular flexibility index (Phi) is 13.6. The molecular formula is C108H76N4. The predicted octanol–water partition coefficient (Wildman–Crippen LogP) is 28.4. The summed E-state index contributed by atoms with van der Waals surface area (Å²) in [5.74, 6) is 0. The average molecular weight is 1430 g/mol. The van der Waals surface area contributed by atoms with Gasteiger partial charge in [0.05, 0.1) is 38.6 Å². The highest BCUT2D eigenvalue weighted by Crippen LogP contribution is 2.54. The molecule has 4 aromatic heterocycles. The van der Waals surface area contributed by atoms with E-state index in [1.807, 2.05) is 6.20 Å². The van der Waals surface area contributed by atoms with E-state index in [1.165, 1.54) is 132 Å². The molecule has 112 heavy (non-hydrogen) atoms. The second-order valence-electron chi connectivity index (χ2n) is 33.0. The molecule has 528 valence electrons. The van der Waals surface area contributed by atoms with E-state index in [2.05, 4.69) is 401 Å². The van der Waals surface area contributed by atoms with Gasteiger partial charge in [-0.1, -0.05) is 260 Å².